The average Bonchev–Trinajstić information content (AvgIpc) is 3.03. The summed E-state index contributed by atoms with van der Waals surface area (Å²) in [5.41, 5.74) is 5.06. The van der Waals surface area contributed by atoms with Gasteiger partial charge in [0.15, 0.2) is 0 Å². The third kappa shape index (κ3) is 49.7. The van der Waals surface area contributed by atoms with Gasteiger partial charge in [0.25, 0.3) is 0 Å². The molecule has 0 aromatic carbocycles. The van der Waals surface area contributed by atoms with E-state index in [1.807, 2.05) is 81.5 Å². The van der Waals surface area contributed by atoms with E-state index < -0.39 is 0 Å². The van der Waals surface area contributed by atoms with Gasteiger partial charge in [0.1, 0.15) is 0 Å². The Balaban J connectivity index is -0.000000102. The van der Waals surface area contributed by atoms with E-state index in [0.29, 0.717) is 6.10 Å². The molecule has 2 aliphatic carbocycles. The van der Waals surface area contributed by atoms with Crippen molar-refractivity contribution >= 4 is 0 Å². The first-order valence-electron chi connectivity index (χ1n) is 18.9. The van der Waals surface area contributed by atoms with Gasteiger partial charge in [-0.1, -0.05) is 156 Å². The van der Waals surface area contributed by atoms with Gasteiger partial charge in [-0.3, -0.25) is 0 Å². The molecule has 2 rings (SSSR count). The number of hydrogen-bond donors (Lipinski definition) is 1. The van der Waals surface area contributed by atoms with Crippen LogP contribution >= 0.6 is 0 Å². The number of likely N-dealkylation sites (N-methyl/N-ethyl adjacent to an activating group) is 1. The van der Waals surface area contributed by atoms with E-state index in [4.69, 9.17) is 4.74 Å². The Kier molecular flexibility index (Phi) is 58.5. The Morgan fingerprint density at radius 2 is 1.22 bits per heavy atom. The van der Waals surface area contributed by atoms with Gasteiger partial charge < -0.3 is 10.1 Å². The van der Waals surface area contributed by atoms with Crippen LogP contribution in [0, 0.1) is 17.8 Å². The molecule has 2 nitrogen and oxygen atoms in total. The Morgan fingerprint density at radius 3 is 1.49 bits per heavy atom. The van der Waals surface area contributed by atoms with Crippen LogP contribution in [0.25, 0.3) is 0 Å². The van der Waals surface area contributed by atoms with E-state index in [-0.39, 0.29) is 0 Å². The predicted molar refractivity (Wildman–Crippen MR) is 216 cm³/mol. The SMILES string of the molecule is C=C(C)/C(C)=C\C=C/C.C=C(C)CC.CC.CC.CC.CC1CCC(C)CC1.CCC=C(C)CNC.CCOC1CC(CC)C1. The van der Waals surface area contributed by atoms with Crippen LogP contribution in [0.1, 0.15) is 175 Å². The summed E-state index contributed by atoms with van der Waals surface area (Å²) in [6.45, 7) is 44.9. The lowest BCUT2D eigenvalue weighted by molar-refractivity contribution is -0.0251. The molecule has 2 fully saturated rings. The van der Waals surface area contributed by atoms with Crippen molar-refractivity contribution in [1.29, 1.82) is 0 Å². The third-order valence-corrected chi connectivity index (χ3v) is 7.30. The maximum Gasteiger partial charge on any atom is 0.0580 e. The van der Waals surface area contributed by atoms with Gasteiger partial charge >= 0.3 is 0 Å². The molecular formula is C43H89NO. The topological polar surface area (TPSA) is 21.3 Å². The molecule has 0 amide bonds. The van der Waals surface area contributed by atoms with E-state index >= 15 is 0 Å². The fraction of sp³-hybridized carbons (Fsp3) is 0.767. The highest BCUT2D eigenvalue weighted by molar-refractivity contribution is 5.27. The monoisotopic (exact) mass is 636 g/mol. The number of nitrogens with one attached hydrogen (secondary N) is 1. The minimum Gasteiger partial charge on any atom is -0.378 e. The highest BCUT2D eigenvalue weighted by Crippen LogP contribution is 2.32. The summed E-state index contributed by atoms with van der Waals surface area (Å²) in [5.74, 6) is 3.01. The van der Waals surface area contributed by atoms with Crippen LogP contribution in [-0.2, 0) is 4.74 Å². The van der Waals surface area contributed by atoms with Crippen molar-refractivity contribution < 1.29 is 4.74 Å². The Bertz CT molecular complexity index is 645. The zero-order chi connectivity index (χ0) is 36.6. The lowest BCUT2D eigenvalue weighted by Gasteiger charge is -2.34. The van der Waals surface area contributed by atoms with Gasteiger partial charge in [-0.2, -0.15) is 0 Å². The molecule has 0 heterocycles. The van der Waals surface area contributed by atoms with Crippen LogP contribution in [0.4, 0.5) is 0 Å². The minimum atomic E-state index is 0.611. The minimum absolute atomic E-state index is 0.611. The second kappa shape index (κ2) is 47.0. The molecule has 2 heteroatoms. The van der Waals surface area contributed by atoms with Crippen molar-refractivity contribution in [1.82, 2.24) is 5.32 Å². The predicted octanol–water partition coefficient (Wildman–Crippen LogP) is 14.7. The van der Waals surface area contributed by atoms with Crippen molar-refractivity contribution in [3.05, 3.63) is 59.8 Å². The smallest absolute Gasteiger partial charge is 0.0580 e. The maximum absolute atomic E-state index is 5.41. The summed E-state index contributed by atoms with van der Waals surface area (Å²) in [6, 6.07) is 0. The van der Waals surface area contributed by atoms with Gasteiger partial charge in [0.05, 0.1) is 6.10 Å². The molecule has 45 heavy (non-hydrogen) atoms. The largest absolute Gasteiger partial charge is 0.378 e. The molecule has 0 aromatic rings. The molecule has 0 atom stereocenters. The van der Waals surface area contributed by atoms with Gasteiger partial charge in [-0.15, -0.1) is 6.58 Å². The molecule has 0 aromatic heterocycles. The molecule has 1 N–H and O–H groups in total. The first-order chi connectivity index (χ1) is 21.4. The van der Waals surface area contributed by atoms with Crippen molar-refractivity contribution in [2.24, 2.45) is 17.8 Å². The Morgan fingerprint density at radius 1 is 0.800 bits per heavy atom. The number of ether oxygens (including phenoxy) is 1. The molecule has 0 bridgehead atoms. The van der Waals surface area contributed by atoms with Gasteiger partial charge in [-0.05, 0) is 97.6 Å². The summed E-state index contributed by atoms with van der Waals surface area (Å²) in [7, 11) is 1.97. The van der Waals surface area contributed by atoms with Crippen molar-refractivity contribution in [2.45, 2.75) is 182 Å². The molecule has 2 saturated carbocycles. The van der Waals surface area contributed by atoms with Crippen molar-refractivity contribution in [3.63, 3.8) is 0 Å². The Hall–Kier alpha value is -1.38. The van der Waals surface area contributed by atoms with E-state index in [1.165, 1.54) is 61.7 Å². The summed E-state index contributed by atoms with van der Waals surface area (Å²) in [5, 5.41) is 3.08. The lowest BCUT2D eigenvalue weighted by atomic mass is 9.81. The zero-order valence-corrected chi connectivity index (χ0v) is 34.7. The molecule has 0 radical (unpaired) electrons. The zero-order valence-electron chi connectivity index (χ0n) is 34.7. The van der Waals surface area contributed by atoms with E-state index in [0.717, 1.165) is 49.3 Å². The standard InChI is InChI=1S/C9H14.C8H16O.C8H16.C7H15N.C5H10.3C2H6/c1-5-6-7-9(4)8(2)3;1-3-7-5-8(6-7)9-4-2;1-7-3-5-8(2)6-4-7;1-4-5-7(2)6-8-3;1-4-5(2)3;3*1-2/h5-7H,2H2,1,3-4H3;7-8H,3-6H2,1-2H3;7-8H,3-6H2,1-2H3;5,8H,4,6H2,1-3H3;2,4H2,1,3H3;3*1-2H3/b6-5-,9-7-;;;;;;;. The number of rotatable bonds is 9. The average molecular weight is 636 g/mol. The van der Waals surface area contributed by atoms with Gasteiger partial charge in [-0.25, -0.2) is 0 Å². The first kappa shape index (κ1) is 56.0. The number of allylic oxidation sites excluding steroid dienone is 7. The molecular weight excluding hydrogens is 546 g/mol. The summed E-state index contributed by atoms with van der Waals surface area (Å²) in [4.78, 5) is 0. The molecule has 2 aliphatic rings. The fourth-order valence-corrected chi connectivity index (χ4v) is 3.89. The van der Waals surface area contributed by atoms with E-state index in [1.54, 1.807) is 0 Å². The second-order valence-electron chi connectivity index (χ2n) is 11.6. The first-order valence-corrected chi connectivity index (χ1v) is 18.9. The molecule has 272 valence electrons. The normalized spacial score (nSPS) is 19.8. The van der Waals surface area contributed by atoms with Crippen LogP contribution in [0.3, 0.4) is 0 Å². The molecule has 0 aliphatic heterocycles. The summed E-state index contributed by atoms with van der Waals surface area (Å²) in [6.07, 6.45) is 21.0. The van der Waals surface area contributed by atoms with E-state index in [9.17, 15) is 0 Å². The molecule has 0 spiro atoms. The highest BCUT2D eigenvalue weighted by atomic mass is 16.5. The summed E-state index contributed by atoms with van der Waals surface area (Å²) >= 11 is 0. The lowest BCUT2D eigenvalue weighted by Crippen LogP contribution is -2.30. The van der Waals surface area contributed by atoms with Crippen LogP contribution in [-0.4, -0.2) is 26.3 Å². The van der Waals surface area contributed by atoms with Crippen LogP contribution < -0.4 is 5.32 Å². The van der Waals surface area contributed by atoms with Gasteiger partial charge in [0.2, 0.25) is 0 Å². The van der Waals surface area contributed by atoms with Gasteiger partial charge in [0, 0.05) is 13.2 Å². The number of hydrogen-bond acceptors (Lipinski definition) is 2. The Labute approximate surface area is 288 Å². The maximum atomic E-state index is 5.41. The second-order valence-corrected chi connectivity index (χ2v) is 11.6. The third-order valence-electron chi connectivity index (χ3n) is 7.30. The quantitative estimate of drug-likeness (QED) is 0.201. The van der Waals surface area contributed by atoms with Crippen molar-refractivity contribution in [3.8, 4) is 0 Å². The highest BCUT2D eigenvalue weighted by Gasteiger charge is 2.27. The van der Waals surface area contributed by atoms with Crippen LogP contribution in [0.2, 0.25) is 0 Å². The van der Waals surface area contributed by atoms with Crippen LogP contribution in [0.5, 0.6) is 0 Å². The van der Waals surface area contributed by atoms with Crippen molar-refractivity contribution in [2.75, 3.05) is 20.2 Å². The molecule has 0 unspecified atom stereocenters. The fourth-order valence-electron chi connectivity index (χ4n) is 3.89. The molecule has 0 saturated heterocycles. The summed E-state index contributed by atoms with van der Waals surface area (Å²) < 4.78 is 5.41. The van der Waals surface area contributed by atoms with E-state index in [2.05, 4.69) is 86.0 Å². The van der Waals surface area contributed by atoms with Crippen LogP contribution in [0.15, 0.2) is 59.8 Å².